The molecular formula is C18H22N2O2. The minimum absolute atomic E-state index is 0.00485. The SMILES string of the molecule is COc1ccc(C)cc1N[C@H](C(=O)N(C)C)c1ccccc1. The molecule has 0 bridgehead atoms. The third kappa shape index (κ3) is 3.58. The predicted molar refractivity (Wildman–Crippen MR) is 89.2 cm³/mol. The highest BCUT2D eigenvalue weighted by molar-refractivity contribution is 5.86. The van der Waals surface area contributed by atoms with E-state index in [2.05, 4.69) is 5.32 Å². The fourth-order valence-electron chi connectivity index (χ4n) is 2.28. The van der Waals surface area contributed by atoms with Gasteiger partial charge in [0.05, 0.1) is 12.8 Å². The van der Waals surface area contributed by atoms with Crippen LogP contribution in [0.4, 0.5) is 5.69 Å². The number of nitrogens with zero attached hydrogens (tertiary/aromatic N) is 1. The van der Waals surface area contributed by atoms with Gasteiger partial charge in [0.1, 0.15) is 11.8 Å². The molecule has 0 heterocycles. The van der Waals surface area contributed by atoms with Gasteiger partial charge in [-0.2, -0.15) is 0 Å². The van der Waals surface area contributed by atoms with Crippen LogP contribution in [0.15, 0.2) is 48.5 Å². The lowest BCUT2D eigenvalue weighted by Gasteiger charge is -2.24. The van der Waals surface area contributed by atoms with Crippen LogP contribution in [0.1, 0.15) is 17.2 Å². The van der Waals surface area contributed by atoms with E-state index in [1.807, 2.05) is 55.5 Å². The Morgan fingerprint density at radius 2 is 1.82 bits per heavy atom. The zero-order valence-electron chi connectivity index (χ0n) is 13.5. The first-order valence-corrected chi connectivity index (χ1v) is 7.20. The van der Waals surface area contributed by atoms with Crippen LogP contribution in [-0.4, -0.2) is 32.0 Å². The highest BCUT2D eigenvalue weighted by Gasteiger charge is 2.23. The molecule has 1 amide bonds. The van der Waals surface area contributed by atoms with E-state index < -0.39 is 6.04 Å². The van der Waals surface area contributed by atoms with E-state index in [0.29, 0.717) is 0 Å². The molecule has 2 rings (SSSR count). The number of benzene rings is 2. The molecule has 1 atom stereocenters. The van der Waals surface area contributed by atoms with E-state index in [0.717, 1.165) is 22.6 Å². The summed E-state index contributed by atoms with van der Waals surface area (Å²) in [6.07, 6.45) is 0. The summed E-state index contributed by atoms with van der Waals surface area (Å²) in [4.78, 5) is 14.1. The van der Waals surface area contributed by atoms with Crippen molar-refractivity contribution in [2.24, 2.45) is 0 Å². The third-order valence-electron chi connectivity index (χ3n) is 3.48. The monoisotopic (exact) mass is 298 g/mol. The van der Waals surface area contributed by atoms with Gasteiger partial charge >= 0.3 is 0 Å². The average molecular weight is 298 g/mol. The number of nitrogens with one attached hydrogen (secondary N) is 1. The first kappa shape index (κ1) is 15.9. The molecule has 4 nitrogen and oxygen atoms in total. The van der Waals surface area contributed by atoms with Gasteiger partial charge in [-0.15, -0.1) is 0 Å². The maximum absolute atomic E-state index is 12.6. The Labute approximate surface area is 131 Å². The van der Waals surface area contributed by atoms with Crippen LogP contribution < -0.4 is 10.1 Å². The van der Waals surface area contributed by atoms with E-state index in [1.165, 1.54) is 0 Å². The highest BCUT2D eigenvalue weighted by atomic mass is 16.5. The van der Waals surface area contributed by atoms with Gasteiger partial charge in [0.15, 0.2) is 0 Å². The molecule has 0 aliphatic rings. The van der Waals surface area contributed by atoms with Crippen molar-refractivity contribution in [3.63, 3.8) is 0 Å². The minimum Gasteiger partial charge on any atom is -0.495 e. The molecule has 2 aromatic rings. The first-order chi connectivity index (χ1) is 10.5. The number of rotatable bonds is 5. The van der Waals surface area contributed by atoms with Crippen molar-refractivity contribution in [2.45, 2.75) is 13.0 Å². The standard InChI is InChI=1S/C18H22N2O2/c1-13-10-11-16(22-4)15(12-13)19-17(18(21)20(2)3)14-8-6-5-7-9-14/h5-12,17,19H,1-4H3/t17-/m0/s1. The molecule has 0 fully saturated rings. The van der Waals surface area contributed by atoms with E-state index in [-0.39, 0.29) is 5.91 Å². The molecule has 0 aliphatic heterocycles. The van der Waals surface area contributed by atoms with Crippen molar-refractivity contribution >= 4 is 11.6 Å². The van der Waals surface area contributed by atoms with Crippen LogP contribution in [0.2, 0.25) is 0 Å². The van der Waals surface area contributed by atoms with Crippen LogP contribution >= 0.6 is 0 Å². The number of hydrogen-bond donors (Lipinski definition) is 1. The molecule has 0 unspecified atom stereocenters. The number of amides is 1. The van der Waals surface area contributed by atoms with Crippen LogP contribution in [0.5, 0.6) is 5.75 Å². The van der Waals surface area contributed by atoms with Gasteiger partial charge in [0.25, 0.3) is 0 Å². The molecule has 2 aromatic carbocycles. The van der Waals surface area contributed by atoms with Gasteiger partial charge in [0, 0.05) is 14.1 Å². The number of carbonyl (C=O) groups is 1. The summed E-state index contributed by atoms with van der Waals surface area (Å²) >= 11 is 0. The van der Waals surface area contributed by atoms with Gasteiger partial charge in [-0.25, -0.2) is 0 Å². The normalized spacial score (nSPS) is 11.6. The first-order valence-electron chi connectivity index (χ1n) is 7.20. The maximum Gasteiger partial charge on any atom is 0.249 e. The summed E-state index contributed by atoms with van der Waals surface area (Å²) in [6.45, 7) is 2.01. The van der Waals surface area contributed by atoms with Gasteiger partial charge in [-0.3, -0.25) is 4.79 Å². The van der Waals surface area contributed by atoms with Crippen LogP contribution in [0.25, 0.3) is 0 Å². The topological polar surface area (TPSA) is 41.6 Å². The summed E-state index contributed by atoms with van der Waals surface area (Å²) in [6, 6.07) is 15.1. The molecule has 0 aliphatic carbocycles. The van der Waals surface area contributed by atoms with Crippen molar-refractivity contribution in [3.8, 4) is 5.75 Å². The molecule has 22 heavy (non-hydrogen) atoms. The lowest BCUT2D eigenvalue weighted by molar-refractivity contribution is -0.129. The largest absolute Gasteiger partial charge is 0.495 e. The quantitative estimate of drug-likeness (QED) is 0.921. The van der Waals surface area contributed by atoms with Crippen LogP contribution in [-0.2, 0) is 4.79 Å². The summed E-state index contributed by atoms with van der Waals surface area (Å²) in [5, 5.41) is 3.32. The Hall–Kier alpha value is -2.49. The summed E-state index contributed by atoms with van der Waals surface area (Å²) in [5.74, 6) is 0.716. The smallest absolute Gasteiger partial charge is 0.249 e. The van der Waals surface area contributed by atoms with Gasteiger partial charge < -0.3 is 15.0 Å². The second-order valence-electron chi connectivity index (χ2n) is 5.42. The molecule has 4 heteroatoms. The van der Waals surface area contributed by atoms with Crippen molar-refractivity contribution in [3.05, 3.63) is 59.7 Å². The molecule has 116 valence electrons. The van der Waals surface area contributed by atoms with Crippen LogP contribution in [0, 0.1) is 6.92 Å². The minimum atomic E-state index is -0.452. The van der Waals surface area contributed by atoms with Crippen molar-refractivity contribution < 1.29 is 9.53 Å². The zero-order chi connectivity index (χ0) is 16.1. The second-order valence-corrected chi connectivity index (χ2v) is 5.42. The van der Waals surface area contributed by atoms with E-state index >= 15 is 0 Å². The summed E-state index contributed by atoms with van der Waals surface area (Å²) in [5.41, 5.74) is 2.84. The molecular weight excluding hydrogens is 276 g/mol. The predicted octanol–water partition coefficient (Wildman–Crippen LogP) is 3.25. The molecule has 0 spiro atoms. The van der Waals surface area contributed by atoms with Gasteiger partial charge in [-0.1, -0.05) is 36.4 Å². The third-order valence-corrected chi connectivity index (χ3v) is 3.48. The summed E-state index contributed by atoms with van der Waals surface area (Å²) < 4.78 is 5.39. The fourth-order valence-corrected chi connectivity index (χ4v) is 2.28. The van der Waals surface area contributed by atoms with Gasteiger partial charge in [0.2, 0.25) is 5.91 Å². The Balaban J connectivity index is 2.39. The average Bonchev–Trinajstić information content (AvgIpc) is 2.53. The van der Waals surface area contributed by atoms with Crippen molar-refractivity contribution in [1.82, 2.24) is 4.90 Å². The van der Waals surface area contributed by atoms with Crippen molar-refractivity contribution in [1.29, 1.82) is 0 Å². The highest BCUT2D eigenvalue weighted by Crippen LogP contribution is 2.30. The number of hydrogen-bond acceptors (Lipinski definition) is 3. The molecule has 1 N–H and O–H groups in total. The Morgan fingerprint density at radius 1 is 1.14 bits per heavy atom. The Morgan fingerprint density at radius 3 is 2.41 bits per heavy atom. The molecule has 0 saturated heterocycles. The fraction of sp³-hybridized carbons (Fsp3) is 0.278. The molecule has 0 aromatic heterocycles. The number of anilines is 1. The van der Waals surface area contributed by atoms with E-state index in [1.54, 1.807) is 26.1 Å². The second kappa shape index (κ2) is 6.98. The lowest BCUT2D eigenvalue weighted by Crippen LogP contribution is -2.32. The number of aryl methyl sites for hydroxylation is 1. The number of likely N-dealkylation sites (N-methyl/N-ethyl adjacent to an activating group) is 1. The zero-order valence-corrected chi connectivity index (χ0v) is 13.5. The Bertz CT molecular complexity index is 639. The Kier molecular flexibility index (Phi) is 5.04. The van der Waals surface area contributed by atoms with E-state index in [4.69, 9.17) is 4.74 Å². The van der Waals surface area contributed by atoms with E-state index in [9.17, 15) is 4.79 Å². The molecule has 0 saturated carbocycles. The van der Waals surface area contributed by atoms with Crippen molar-refractivity contribution in [2.75, 3.05) is 26.5 Å². The maximum atomic E-state index is 12.6. The summed E-state index contributed by atoms with van der Waals surface area (Å²) in [7, 11) is 5.14. The van der Waals surface area contributed by atoms with Gasteiger partial charge in [-0.05, 0) is 30.2 Å². The number of methoxy groups -OCH3 is 1. The van der Waals surface area contributed by atoms with Crippen LogP contribution in [0.3, 0.4) is 0 Å². The molecule has 0 radical (unpaired) electrons. The lowest BCUT2D eigenvalue weighted by atomic mass is 10.0. The number of ether oxygens (including phenoxy) is 1. The number of carbonyl (C=O) groups excluding carboxylic acids is 1.